The fraction of sp³-hybridized carbons (Fsp3) is 0.923. The van der Waals surface area contributed by atoms with Crippen LogP contribution in [0.25, 0.3) is 0 Å². The van der Waals surface area contributed by atoms with Gasteiger partial charge in [-0.3, -0.25) is 4.99 Å². The van der Waals surface area contributed by atoms with Gasteiger partial charge >= 0.3 is 0 Å². The summed E-state index contributed by atoms with van der Waals surface area (Å²) in [6, 6.07) is 0. The van der Waals surface area contributed by atoms with Crippen molar-refractivity contribution in [1.29, 1.82) is 0 Å². The van der Waals surface area contributed by atoms with Crippen LogP contribution in [0.15, 0.2) is 4.99 Å². The van der Waals surface area contributed by atoms with Crippen molar-refractivity contribution in [2.45, 2.75) is 39.2 Å². The first kappa shape index (κ1) is 16.0. The minimum atomic E-state index is 0. The van der Waals surface area contributed by atoms with E-state index < -0.39 is 0 Å². The van der Waals surface area contributed by atoms with Crippen molar-refractivity contribution in [3.8, 4) is 0 Å². The summed E-state index contributed by atoms with van der Waals surface area (Å²) in [6.07, 6.45) is 4.08. The number of aliphatic imine (C=N–C) groups is 1. The molecule has 0 aromatic heterocycles. The predicted octanol–water partition coefficient (Wildman–Crippen LogP) is 1.99. The Bertz CT molecular complexity index is 267. The van der Waals surface area contributed by atoms with Crippen molar-refractivity contribution in [3.63, 3.8) is 0 Å². The molecule has 2 aliphatic rings. The van der Waals surface area contributed by atoms with Crippen LogP contribution < -0.4 is 10.6 Å². The molecule has 2 fully saturated rings. The highest BCUT2D eigenvalue weighted by molar-refractivity contribution is 14.0. The van der Waals surface area contributed by atoms with E-state index in [4.69, 9.17) is 4.74 Å². The number of nitrogens with one attached hydrogen (secondary N) is 2. The van der Waals surface area contributed by atoms with Gasteiger partial charge < -0.3 is 15.4 Å². The molecule has 0 spiro atoms. The van der Waals surface area contributed by atoms with Crippen LogP contribution >= 0.6 is 24.0 Å². The summed E-state index contributed by atoms with van der Waals surface area (Å²) in [6.45, 7) is 8.07. The van der Waals surface area contributed by atoms with Crippen molar-refractivity contribution in [2.75, 3.05) is 26.2 Å². The Morgan fingerprint density at radius 3 is 2.72 bits per heavy atom. The van der Waals surface area contributed by atoms with Crippen LogP contribution in [0.5, 0.6) is 0 Å². The van der Waals surface area contributed by atoms with E-state index in [1.54, 1.807) is 0 Å². The second kappa shape index (κ2) is 8.19. The lowest BCUT2D eigenvalue weighted by Gasteiger charge is -2.14. The molecule has 1 aliphatic heterocycles. The number of ether oxygens (including phenoxy) is 1. The molecule has 2 N–H and O–H groups in total. The first-order valence-electron chi connectivity index (χ1n) is 6.93. The van der Waals surface area contributed by atoms with E-state index in [2.05, 4.69) is 29.5 Å². The minimum absolute atomic E-state index is 0. The monoisotopic (exact) mass is 367 g/mol. The average Bonchev–Trinajstić information content (AvgIpc) is 2.82. The van der Waals surface area contributed by atoms with E-state index in [9.17, 15) is 0 Å². The van der Waals surface area contributed by atoms with Gasteiger partial charge in [0.15, 0.2) is 5.96 Å². The summed E-state index contributed by atoms with van der Waals surface area (Å²) < 4.78 is 5.59. The van der Waals surface area contributed by atoms with Gasteiger partial charge in [-0.05, 0) is 38.0 Å². The van der Waals surface area contributed by atoms with Gasteiger partial charge in [0.25, 0.3) is 0 Å². The third-order valence-corrected chi connectivity index (χ3v) is 3.63. The number of hydrogen-bond acceptors (Lipinski definition) is 2. The lowest BCUT2D eigenvalue weighted by Crippen LogP contribution is -2.41. The van der Waals surface area contributed by atoms with E-state index in [0.717, 1.165) is 44.0 Å². The van der Waals surface area contributed by atoms with Crippen LogP contribution in [0.1, 0.15) is 33.1 Å². The predicted molar refractivity (Wildman–Crippen MR) is 85.6 cm³/mol. The summed E-state index contributed by atoms with van der Waals surface area (Å²) in [5, 5.41) is 6.66. The van der Waals surface area contributed by atoms with Gasteiger partial charge in [0.05, 0.1) is 6.10 Å². The smallest absolute Gasteiger partial charge is 0.191 e. The first-order chi connectivity index (χ1) is 8.29. The molecular formula is C13H26IN3O. The van der Waals surface area contributed by atoms with Crippen LogP contribution in [0.2, 0.25) is 0 Å². The number of halogens is 1. The van der Waals surface area contributed by atoms with Gasteiger partial charge in [-0.2, -0.15) is 0 Å². The zero-order chi connectivity index (χ0) is 12.1. The molecule has 1 saturated carbocycles. The SMILES string of the molecule is CCNC(=NCC1CC1C)NCC1CCCO1.I. The maximum atomic E-state index is 5.59. The van der Waals surface area contributed by atoms with Crippen molar-refractivity contribution < 1.29 is 4.74 Å². The molecule has 106 valence electrons. The number of nitrogens with zero attached hydrogens (tertiary/aromatic N) is 1. The fourth-order valence-electron chi connectivity index (χ4n) is 2.22. The minimum Gasteiger partial charge on any atom is -0.376 e. The highest BCUT2D eigenvalue weighted by atomic mass is 127. The third-order valence-electron chi connectivity index (χ3n) is 3.63. The molecule has 3 unspecified atom stereocenters. The Morgan fingerprint density at radius 2 is 2.17 bits per heavy atom. The lowest BCUT2D eigenvalue weighted by atomic mass is 10.2. The number of rotatable bonds is 5. The summed E-state index contributed by atoms with van der Waals surface area (Å²) in [7, 11) is 0. The molecule has 0 bridgehead atoms. The highest BCUT2D eigenvalue weighted by Crippen LogP contribution is 2.37. The van der Waals surface area contributed by atoms with Crippen LogP contribution in [0.4, 0.5) is 0 Å². The zero-order valence-electron chi connectivity index (χ0n) is 11.4. The molecule has 0 amide bonds. The maximum absolute atomic E-state index is 5.59. The highest BCUT2D eigenvalue weighted by Gasteiger charge is 2.31. The van der Waals surface area contributed by atoms with Gasteiger partial charge in [0.1, 0.15) is 0 Å². The molecular weight excluding hydrogens is 341 g/mol. The summed E-state index contributed by atoms with van der Waals surface area (Å²) in [5.41, 5.74) is 0. The molecule has 1 heterocycles. The van der Waals surface area contributed by atoms with Crippen LogP contribution in [0, 0.1) is 11.8 Å². The number of guanidine groups is 1. The molecule has 4 nitrogen and oxygen atoms in total. The zero-order valence-corrected chi connectivity index (χ0v) is 13.8. The van der Waals surface area contributed by atoms with Crippen molar-refractivity contribution >= 4 is 29.9 Å². The normalized spacial score (nSPS) is 30.8. The van der Waals surface area contributed by atoms with Gasteiger partial charge in [-0.15, -0.1) is 24.0 Å². The molecule has 5 heteroatoms. The van der Waals surface area contributed by atoms with Gasteiger partial charge in [0, 0.05) is 26.2 Å². The standard InChI is InChI=1S/C13H25N3O.HI/c1-3-14-13(15-8-11-7-10(11)2)16-9-12-5-4-6-17-12;/h10-12H,3-9H2,1-2H3,(H2,14,15,16);1H. The Morgan fingerprint density at radius 1 is 1.39 bits per heavy atom. The molecule has 1 aliphatic carbocycles. The molecule has 3 atom stereocenters. The molecule has 18 heavy (non-hydrogen) atoms. The average molecular weight is 367 g/mol. The molecule has 2 rings (SSSR count). The van der Waals surface area contributed by atoms with E-state index in [1.165, 1.54) is 19.3 Å². The Labute approximate surface area is 127 Å². The van der Waals surface area contributed by atoms with Crippen molar-refractivity contribution in [3.05, 3.63) is 0 Å². The van der Waals surface area contributed by atoms with E-state index in [0.29, 0.717) is 6.10 Å². The quantitative estimate of drug-likeness (QED) is 0.444. The van der Waals surface area contributed by atoms with Crippen LogP contribution in [0.3, 0.4) is 0 Å². The topological polar surface area (TPSA) is 45.7 Å². The molecule has 1 saturated heterocycles. The van der Waals surface area contributed by atoms with Crippen LogP contribution in [-0.2, 0) is 4.74 Å². The fourth-order valence-corrected chi connectivity index (χ4v) is 2.22. The van der Waals surface area contributed by atoms with Crippen molar-refractivity contribution in [2.24, 2.45) is 16.8 Å². The molecule has 0 aromatic rings. The second-order valence-electron chi connectivity index (χ2n) is 5.21. The summed E-state index contributed by atoms with van der Waals surface area (Å²) >= 11 is 0. The maximum Gasteiger partial charge on any atom is 0.191 e. The summed E-state index contributed by atoms with van der Waals surface area (Å²) in [4.78, 5) is 4.63. The Hall–Kier alpha value is -0.0400. The summed E-state index contributed by atoms with van der Waals surface area (Å²) in [5.74, 6) is 2.63. The first-order valence-corrected chi connectivity index (χ1v) is 6.93. The van der Waals surface area contributed by atoms with E-state index in [1.807, 2.05) is 0 Å². The number of hydrogen-bond donors (Lipinski definition) is 2. The Balaban J connectivity index is 0.00000162. The Kier molecular flexibility index (Phi) is 7.29. The van der Waals surface area contributed by atoms with Gasteiger partial charge in [-0.1, -0.05) is 6.92 Å². The molecule has 0 radical (unpaired) electrons. The van der Waals surface area contributed by atoms with E-state index >= 15 is 0 Å². The second-order valence-corrected chi connectivity index (χ2v) is 5.21. The van der Waals surface area contributed by atoms with E-state index in [-0.39, 0.29) is 24.0 Å². The molecule has 0 aromatic carbocycles. The van der Waals surface area contributed by atoms with Crippen molar-refractivity contribution in [1.82, 2.24) is 10.6 Å². The lowest BCUT2D eigenvalue weighted by molar-refractivity contribution is 0.114. The van der Waals surface area contributed by atoms with Gasteiger partial charge in [0.2, 0.25) is 0 Å². The largest absolute Gasteiger partial charge is 0.376 e. The van der Waals surface area contributed by atoms with Gasteiger partial charge in [-0.25, -0.2) is 0 Å². The third kappa shape index (κ3) is 5.30. The van der Waals surface area contributed by atoms with Crippen LogP contribution in [-0.4, -0.2) is 38.3 Å².